The Morgan fingerprint density at radius 3 is 2.50 bits per heavy atom. The molecule has 6 nitrogen and oxygen atoms in total. The summed E-state index contributed by atoms with van der Waals surface area (Å²) in [7, 11) is 2.16. The highest BCUT2D eigenvalue weighted by Crippen LogP contribution is 2.34. The molecule has 3 heterocycles. The molecule has 2 amide bonds. The number of likely N-dealkylation sites (N-methyl/N-ethyl adjacent to an activating group) is 1. The maximum atomic E-state index is 11.8. The minimum absolute atomic E-state index is 0.328. The quantitative estimate of drug-likeness (QED) is 0.625. The van der Waals surface area contributed by atoms with Crippen LogP contribution in [0.25, 0.3) is 27.4 Å². The van der Waals surface area contributed by atoms with E-state index in [1.165, 1.54) is 17.2 Å². The molecule has 2 saturated heterocycles. The number of imide groups is 1. The molecule has 1 aromatic heterocycles. The first kappa shape index (κ1) is 19.3. The van der Waals surface area contributed by atoms with Crippen molar-refractivity contribution < 1.29 is 9.59 Å². The Balaban J connectivity index is 1.44. The summed E-state index contributed by atoms with van der Waals surface area (Å²) in [6, 6.07) is 14.6. The molecular formula is C22H20N4O2S2. The van der Waals surface area contributed by atoms with E-state index in [1.807, 2.05) is 18.2 Å². The third-order valence-electron chi connectivity index (χ3n) is 5.44. The summed E-state index contributed by atoms with van der Waals surface area (Å²) in [5.74, 6) is -0.340. The van der Waals surface area contributed by atoms with Gasteiger partial charge in [0, 0.05) is 42.8 Å². The second-order valence-corrected chi connectivity index (χ2v) is 9.30. The maximum absolute atomic E-state index is 11.8. The number of nitrogens with zero attached hydrogens (tertiary/aromatic N) is 3. The van der Waals surface area contributed by atoms with Crippen molar-refractivity contribution >= 4 is 56.3 Å². The van der Waals surface area contributed by atoms with Gasteiger partial charge in [-0.1, -0.05) is 18.2 Å². The highest BCUT2D eigenvalue weighted by molar-refractivity contribution is 8.18. The van der Waals surface area contributed by atoms with Crippen LogP contribution < -0.4 is 10.2 Å². The third kappa shape index (κ3) is 3.74. The van der Waals surface area contributed by atoms with Gasteiger partial charge in [-0.05, 0) is 66.2 Å². The van der Waals surface area contributed by atoms with E-state index < -0.39 is 0 Å². The Kier molecular flexibility index (Phi) is 5.06. The van der Waals surface area contributed by atoms with Gasteiger partial charge in [-0.25, -0.2) is 0 Å². The topological polar surface area (TPSA) is 65.5 Å². The molecule has 3 aromatic rings. The number of carbonyl (C=O) groups is 2. The number of anilines is 1. The highest BCUT2D eigenvalue weighted by Gasteiger charge is 2.25. The summed E-state index contributed by atoms with van der Waals surface area (Å²) >= 11 is 2.40. The van der Waals surface area contributed by atoms with Crippen molar-refractivity contribution in [3.8, 4) is 11.3 Å². The van der Waals surface area contributed by atoms with Gasteiger partial charge in [0.05, 0.1) is 15.3 Å². The molecular weight excluding hydrogens is 416 g/mol. The zero-order chi connectivity index (χ0) is 20.7. The standard InChI is InChI=1S/C22H20N4O2S2/c1-25-8-10-26(11-9-25)16-5-3-15(4-6-16)20-17-12-14(2-7-18(17)30-24-20)13-19-21(27)23-22(28)29-19/h2-7,12-13H,8-11H2,1H3,(H,23,27,28). The Morgan fingerprint density at radius 1 is 1.03 bits per heavy atom. The fraction of sp³-hybridized carbons (Fsp3) is 0.227. The molecule has 0 saturated carbocycles. The molecule has 0 bridgehead atoms. The molecule has 2 fully saturated rings. The lowest BCUT2D eigenvalue weighted by atomic mass is 10.0. The lowest BCUT2D eigenvalue weighted by Gasteiger charge is -2.34. The van der Waals surface area contributed by atoms with Crippen LogP contribution >= 0.6 is 23.3 Å². The SMILES string of the molecule is CN1CCN(c2ccc(-c3nsc4ccc(C=C5SC(=O)NC5=O)cc34)cc2)CC1. The van der Waals surface area contributed by atoms with Gasteiger partial charge in [0.25, 0.3) is 11.1 Å². The molecule has 0 aliphatic carbocycles. The smallest absolute Gasteiger partial charge is 0.290 e. The van der Waals surface area contributed by atoms with Crippen LogP contribution in [0.1, 0.15) is 5.56 Å². The molecule has 0 radical (unpaired) electrons. The fourth-order valence-corrected chi connectivity index (χ4v) is 5.18. The molecule has 2 aliphatic rings. The monoisotopic (exact) mass is 436 g/mol. The van der Waals surface area contributed by atoms with E-state index in [9.17, 15) is 9.59 Å². The Labute approximate surface area is 182 Å². The Bertz CT molecular complexity index is 1160. The third-order valence-corrected chi connectivity index (χ3v) is 7.08. The summed E-state index contributed by atoms with van der Waals surface area (Å²) in [6.45, 7) is 4.25. The zero-order valence-corrected chi connectivity index (χ0v) is 18.1. The van der Waals surface area contributed by atoms with Crippen LogP contribution in [0.15, 0.2) is 47.4 Å². The summed E-state index contributed by atoms with van der Waals surface area (Å²) in [4.78, 5) is 28.4. The molecule has 0 atom stereocenters. The molecule has 8 heteroatoms. The van der Waals surface area contributed by atoms with Crippen LogP contribution in [-0.2, 0) is 4.79 Å². The number of aromatic nitrogens is 1. The van der Waals surface area contributed by atoms with Crippen LogP contribution in [0.2, 0.25) is 0 Å². The number of carbonyl (C=O) groups excluding carboxylic acids is 2. The summed E-state index contributed by atoms with van der Waals surface area (Å²) in [5.41, 5.74) is 4.14. The summed E-state index contributed by atoms with van der Waals surface area (Å²) in [5, 5.41) is 3.02. The van der Waals surface area contributed by atoms with Gasteiger partial charge < -0.3 is 9.80 Å². The first-order valence-corrected chi connectivity index (χ1v) is 11.3. The number of thioether (sulfide) groups is 1. The van der Waals surface area contributed by atoms with Gasteiger partial charge in [0.2, 0.25) is 0 Å². The molecule has 2 aromatic carbocycles. The Hall–Kier alpha value is -2.68. The van der Waals surface area contributed by atoms with Crippen LogP contribution in [-0.4, -0.2) is 53.6 Å². The first-order chi connectivity index (χ1) is 14.6. The van der Waals surface area contributed by atoms with Crippen molar-refractivity contribution in [3.63, 3.8) is 0 Å². The zero-order valence-electron chi connectivity index (χ0n) is 16.4. The van der Waals surface area contributed by atoms with Crippen molar-refractivity contribution in [2.24, 2.45) is 0 Å². The number of amides is 2. The van der Waals surface area contributed by atoms with Gasteiger partial charge in [-0.15, -0.1) is 0 Å². The minimum atomic E-state index is -0.340. The number of hydrogen-bond donors (Lipinski definition) is 1. The predicted molar refractivity (Wildman–Crippen MR) is 124 cm³/mol. The van der Waals surface area contributed by atoms with Gasteiger partial charge in [0.15, 0.2) is 0 Å². The molecule has 1 N–H and O–H groups in total. The molecule has 2 aliphatic heterocycles. The van der Waals surface area contributed by atoms with E-state index >= 15 is 0 Å². The van der Waals surface area contributed by atoms with Crippen LogP contribution in [0.5, 0.6) is 0 Å². The van der Waals surface area contributed by atoms with Crippen LogP contribution in [0.4, 0.5) is 10.5 Å². The van der Waals surface area contributed by atoms with Gasteiger partial charge in [0.1, 0.15) is 0 Å². The predicted octanol–water partition coefficient (Wildman–Crippen LogP) is 4.04. The lowest BCUT2D eigenvalue weighted by Crippen LogP contribution is -2.44. The number of rotatable bonds is 3. The van der Waals surface area contributed by atoms with E-state index in [0.717, 1.165) is 64.8 Å². The van der Waals surface area contributed by atoms with Crippen molar-refractivity contribution in [3.05, 3.63) is 52.9 Å². The normalized spacial score (nSPS) is 19.1. The van der Waals surface area contributed by atoms with Crippen molar-refractivity contribution in [2.75, 3.05) is 38.1 Å². The summed E-state index contributed by atoms with van der Waals surface area (Å²) in [6.07, 6.45) is 1.75. The molecule has 0 spiro atoms. The molecule has 5 rings (SSSR count). The van der Waals surface area contributed by atoms with Gasteiger partial charge in [-0.3, -0.25) is 14.9 Å². The fourth-order valence-electron chi connectivity index (χ4n) is 3.72. The van der Waals surface area contributed by atoms with E-state index in [2.05, 4.69) is 50.8 Å². The largest absolute Gasteiger partial charge is 0.369 e. The maximum Gasteiger partial charge on any atom is 0.290 e. The van der Waals surface area contributed by atoms with Crippen LogP contribution in [0.3, 0.4) is 0 Å². The number of nitrogens with one attached hydrogen (secondary N) is 1. The van der Waals surface area contributed by atoms with E-state index in [4.69, 9.17) is 0 Å². The second-order valence-electron chi connectivity index (χ2n) is 7.48. The molecule has 30 heavy (non-hydrogen) atoms. The highest BCUT2D eigenvalue weighted by atomic mass is 32.2. The van der Waals surface area contributed by atoms with Crippen molar-refractivity contribution in [1.82, 2.24) is 14.6 Å². The Morgan fingerprint density at radius 2 is 1.80 bits per heavy atom. The number of benzene rings is 2. The second kappa shape index (κ2) is 7.86. The van der Waals surface area contributed by atoms with E-state index in [-0.39, 0.29) is 11.1 Å². The lowest BCUT2D eigenvalue weighted by molar-refractivity contribution is -0.115. The van der Waals surface area contributed by atoms with Crippen molar-refractivity contribution in [1.29, 1.82) is 0 Å². The molecule has 152 valence electrons. The van der Waals surface area contributed by atoms with Crippen molar-refractivity contribution in [2.45, 2.75) is 0 Å². The number of hydrogen-bond acceptors (Lipinski definition) is 7. The average Bonchev–Trinajstić information content (AvgIpc) is 3.31. The van der Waals surface area contributed by atoms with E-state index in [1.54, 1.807) is 6.08 Å². The summed E-state index contributed by atoms with van der Waals surface area (Å²) < 4.78 is 5.77. The minimum Gasteiger partial charge on any atom is -0.369 e. The van der Waals surface area contributed by atoms with Gasteiger partial charge in [-0.2, -0.15) is 4.37 Å². The number of piperazine rings is 1. The van der Waals surface area contributed by atoms with Crippen LogP contribution in [0, 0.1) is 0 Å². The first-order valence-electron chi connectivity index (χ1n) is 9.75. The number of fused-ring (bicyclic) bond motifs is 1. The molecule has 0 unspecified atom stereocenters. The van der Waals surface area contributed by atoms with Gasteiger partial charge >= 0.3 is 0 Å². The average molecular weight is 437 g/mol. The van der Waals surface area contributed by atoms with E-state index in [0.29, 0.717) is 4.91 Å².